The number of nitrogens with one attached hydrogen (secondary N) is 1. The van der Waals surface area contributed by atoms with E-state index >= 15 is 0 Å². The Kier molecular flexibility index (Phi) is 5.23. The van der Waals surface area contributed by atoms with Crippen molar-refractivity contribution in [2.75, 3.05) is 6.54 Å². The fraction of sp³-hybridized carbons (Fsp3) is 0.500. The van der Waals surface area contributed by atoms with Gasteiger partial charge in [-0.15, -0.1) is 0 Å². The Morgan fingerprint density at radius 3 is 2.37 bits per heavy atom. The van der Waals surface area contributed by atoms with Crippen molar-refractivity contribution in [1.29, 1.82) is 0 Å². The summed E-state index contributed by atoms with van der Waals surface area (Å²) < 4.78 is 0. The number of carboxylic acid groups (broad SMARTS) is 1. The molecule has 0 aliphatic carbocycles. The van der Waals surface area contributed by atoms with Gasteiger partial charge in [-0.1, -0.05) is 25.4 Å². The number of rotatable bonds is 6. The van der Waals surface area contributed by atoms with Gasteiger partial charge in [0.2, 0.25) is 0 Å². The van der Waals surface area contributed by atoms with E-state index in [1.807, 2.05) is 0 Å². The molecule has 0 aliphatic rings. The molecule has 0 saturated heterocycles. The Hall–Kier alpha value is -1.69. The van der Waals surface area contributed by atoms with Crippen LogP contribution >= 0.6 is 11.6 Å². The molecule has 0 atom stereocenters. The third kappa shape index (κ3) is 3.64. The summed E-state index contributed by atoms with van der Waals surface area (Å²) in [5.74, 6) is -1.38. The first-order valence-electron chi connectivity index (χ1n) is 5.94. The lowest BCUT2D eigenvalue weighted by Crippen LogP contribution is -2.42. The van der Waals surface area contributed by atoms with Crippen LogP contribution in [0.1, 0.15) is 37.2 Å². The van der Waals surface area contributed by atoms with Crippen LogP contribution in [0.5, 0.6) is 0 Å². The SMILES string of the molecule is CCC(CC)(CNC(=O)c1cnc(Cl)cn1)C(=O)O. The van der Waals surface area contributed by atoms with E-state index in [0.29, 0.717) is 12.8 Å². The average molecular weight is 286 g/mol. The molecule has 0 bridgehead atoms. The Labute approximate surface area is 116 Å². The maximum atomic E-state index is 11.8. The first kappa shape index (κ1) is 15.4. The van der Waals surface area contributed by atoms with E-state index in [0.717, 1.165) is 0 Å². The number of hydrogen-bond donors (Lipinski definition) is 2. The van der Waals surface area contributed by atoms with Gasteiger partial charge in [-0.25, -0.2) is 9.97 Å². The maximum absolute atomic E-state index is 11.8. The summed E-state index contributed by atoms with van der Waals surface area (Å²) in [6.07, 6.45) is 3.38. The molecule has 1 aromatic rings. The van der Waals surface area contributed by atoms with Gasteiger partial charge in [-0.2, -0.15) is 0 Å². The van der Waals surface area contributed by atoms with Crippen molar-refractivity contribution < 1.29 is 14.7 Å². The fourth-order valence-electron chi connectivity index (χ4n) is 1.65. The molecule has 0 aromatic carbocycles. The second kappa shape index (κ2) is 6.47. The number of hydrogen-bond acceptors (Lipinski definition) is 4. The summed E-state index contributed by atoms with van der Waals surface area (Å²) in [4.78, 5) is 30.7. The molecule has 19 heavy (non-hydrogen) atoms. The highest BCUT2D eigenvalue weighted by molar-refractivity contribution is 6.29. The Balaban J connectivity index is 2.72. The van der Waals surface area contributed by atoms with Gasteiger partial charge in [0.25, 0.3) is 5.91 Å². The van der Waals surface area contributed by atoms with Crippen LogP contribution in [-0.2, 0) is 4.79 Å². The quantitative estimate of drug-likeness (QED) is 0.831. The maximum Gasteiger partial charge on any atom is 0.311 e. The zero-order chi connectivity index (χ0) is 14.5. The number of carbonyl (C=O) groups is 2. The van der Waals surface area contributed by atoms with Crippen LogP contribution in [-0.4, -0.2) is 33.5 Å². The van der Waals surface area contributed by atoms with E-state index < -0.39 is 17.3 Å². The van der Waals surface area contributed by atoms with Crippen LogP contribution in [0.25, 0.3) is 0 Å². The van der Waals surface area contributed by atoms with Crippen LogP contribution < -0.4 is 5.32 Å². The van der Waals surface area contributed by atoms with Gasteiger partial charge < -0.3 is 10.4 Å². The second-order valence-corrected chi connectivity index (χ2v) is 4.59. The topological polar surface area (TPSA) is 92.2 Å². The minimum absolute atomic E-state index is 0.0540. The molecule has 0 aliphatic heterocycles. The van der Waals surface area contributed by atoms with E-state index in [2.05, 4.69) is 15.3 Å². The molecule has 1 amide bonds. The van der Waals surface area contributed by atoms with E-state index in [9.17, 15) is 14.7 Å². The van der Waals surface area contributed by atoms with Gasteiger partial charge in [0.1, 0.15) is 10.8 Å². The molecular formula is C12H16ClN3O3. The molecule has 1 aromatic heterocycles. The number of nitrogens with zero attached hydrogens (tertiary/aromatic N) is 2. The smallest absolute Gasteiger partial charge is 0.311 e. The van der Waals surface area contributed by atoms with Crippen LogP contribution in [0.4, 0.5) is 0 Å². The summed E-state index contributed by atoms with van der Waals surface area (Å²) in [7, 11) is 0. The summed E-state index contributed by atoms with van der Waals surface area (Å²) in [6, 6.07) is 0. The lowest BCUT2D eigenvalue weighted by Gasteiger charge is -2.26. The van der Waals surface area contributed by atoms with Crippen molar-refractivity contribution in [3.05, 3.63) is 23.2 Å². The lowest BCUT2D eigenvalue weighted by atomic mass is 9.82. The molecule has 2 N–H and O–H groups in total. The molecule has 0 saturated carbocycles. The van der Waals surface area contributed by atoms with Crippen molar-refractivity contribution in [3.8, 4) is 0 Å². The number of carboxylic acids is 1. The summed E-state index contributed by atoms with van der Waals surface area (Å²) in [6.45, 7) is 3.62. The second-order valence-electron chi connectivity index (χ2n) is 4.20. The van der Waals surface area contributed by atoms with Crippen molar-refractivity contribution in [2.24, 2.45) is 5.41 Å². The molecule has 0 radical (unpaired) electrons. The van der Waals surface area contributed by atoms with Gasteiger partial charge in [0.05, 0.1) is 17.8 Å². The molecule has 1 rings (SSSR count). The van der Waals surface area contributed by atoms with Crippen molar-refractivity contribution >= 4 is 23.5 Å². The minimum atomic E-state index is -0.949. The molecular weight excluding hydrogens is 270 g/mol. The van der Waals surface area contributed by atoms with Crippen LogP contribution in [0.2, 0.25) is 5.15 Å². The zero-order valence-electron chi connectivity index (χ0n) is 10.8. The number of carbonyl (C=O) groups excluding carboxylic acids is 1. The van der Waals surface area contributed by atoms with E-state index in [-0.39, 0.29) is 17.4 Å². The van der Waals surface area contributed by atoms with Crippen molar-refractivity contribution in [1.82, 2.24) is 15.3 Å². The summed E-state index contributed by atoms with van der Waals surface area (Å²) in [5.41, 5.74) is -0.842. The van der Waals surface area contributed by atoms with Gasteiger partial charge in [-0.3, -0.25) is 9.59 Å². The monoisotopic (exact) mass is 285 g/mol. The zero-order valence-corrected chi connectivity index (χ0v) is 11.6. The Morgan fingerprint density at radius 1 is 1.32 bits per heavy atom. The van der Waals surface area contributed by atoms with E-state index in [1.54, 1.807) is 13.8 Å². The standard InChI is InChI=1S/C12H16ClN3O3/c1-3-12(4-2,11(18)19)7-16-10(17)8-5-15-9(13)6-14-8/h5-6H,3-4,7H2,1-2H3,(H,16,17)(H,18,19). The lowest BCUT2D eigenvalue weighted by molar-refractivity contribution is -0.149. The van der Waals surface area contributed by atoms with Gasteiger partial charge >= 0.3 is 5.97 Å². The van der Waals surface area contributed by atoms with Crippen LogP contribution in [0, 0.1) is 5.41 Å². The van der Waals surface area contributed by atoms with Gasteiger partial charge in [0.15, 0.2) is 0 Å². The molecule has 0 unspecified atom stereocenters. The third-order valence-electron chi connectivity index (χ3n) is 3.25. The molecule has 0 spiro atoms. The fourth-order valence-corrected chi connectivity index (χ4v) is 1.75. The first-order chi connectivity index (χ1) is 8.95. The Morgan fingerprint density at radius 2 is 1.95 bits per heavy atom. The highest BCUT2D eigenvalue weighted by atomic mass is 35.5. The molecule has 104 valence electrons. The van der Waals surface area contributed by atoms with Gasteiger partial charge in [-0.05, 0) is 12.8 Å². The third-order valence-corrected chi connectivity index (χ3v) is 3.44. The van der Waals surface area contributed by atoms with Crippen molar-refractivity contribution in [2.45, 2.75) is 26.7 Å². The summed E-state index contributed by atoms with van der Waals surface area (Å²) >= 11 is 5.57. The van der Waals surface area contributed by atoms with E-state index in [4.69, 9.17) is 11.6 Å². The number of halogens is 1. The Bertz CT molecular complexity index is 458. The number of amides is 1. The molecule has 7 heteroatoms. The number of aliphatic carboxylic acids is 1. The highest BCUT2D eigenvalue weighted by Gasteiger charge is 2.35. The summed E-state index contributed by atoms with van der Waals surface area (Å²) in [5, 5.41) is 12.0. The highest BCUT2D eigenvalue weighted by Crippen LogP contribution is 2.25. The number of aromatic nitrogens is 2. The van der Waals surface area contributed by atoms with Crippen LogP contribution in [0.3, 0.4) is 0 Å². The molecule has 6 nitrogen and oxygen atoms in total. The molecule has 1 heterocycles. The predicted octanol–water partition coefficient (Wildman–Crippen LogP) is 1.75. The van der Waals surface area contributed by atoms with Gasteiger partial charge in [0, 0.05) is 6.54 Å². The normalized spacial score (nSPS) is 11.1. The predicted molar refractivity (Wildman–Crippen MR) is 70.0 cm³/mol. The van der Waals surface area contributed by atoms with E-state index in [1.165, 1.54) is 12.4 Å². The van der Waals surface area contributed by atoms with Crippen molar-refractivity contribution in [3.63, 3.8) is 0 Å². The minimum Gasteiger partial charge on any atom is -0.481 e. The molecule has 0 fully saturated rings. The first-order valence-corrected chi connectivity index (χ1v) is 6.32. The largest absolute Gasteiger partial charge is 0.481 e. The van der Waals surface area contributed by atoms with Crippen LogP contribution in [0.15, 0.2) is 12.4 Å². The average Bonchev–Trinajstić information content (AvgIpc) is 2.40.